The average Bonchev–Trinajstić information content (AvgIpc) is 2.99. The van der Waals surface area contributed by atoms with Crippen molar-refractivity contribution in [3.8, 4) is 0 Å². The normalized spacial score (nSPS) is 25.3. The second-order valence-electron chi connectivity index (χ2n) is 5.84. The highest BCUT2D eigenvalue weighted by molar-refractivity contribution is 5.81. The van der Waals surface area contributed by atoms with Gasteiger partial charge in [0.25, 0.3) is 5.56 Å². The van der Waals surface area contributed by atoms with Gasteiger partial charge in [-0.05, 0) is 12.8 Å². The molecular formula is C14H19N3O4. The van der Waals surface area contributed by atoms with Crippen molar-refractivity contribution in [2.24, 2.45) is 0 Å². The molecule has 1 aromatic rings. The van der Waals surface area contributed by atoms with Gasteiger partial charge in [-0.15, -0.1) is 0 Å². The van der Waals surface area contributed by atoms with Gasteiger partial charge in [0, 0.05) is 51.0 Å². The topological polar surface area (TPSA) is 86.6 Å². The van der Waals surface area contributed by atoms with Crippen LogP contribution in [0.1, 0.15) is 31.4 Å². The van der Waals surface area contributed by atoms with Crippen LogP contribution in [0.25, 0.3) is 0 Å². The van der Waals surface area contributed by atoms with Crippen molar-refractivity contribution in [3.63, 3.8) is 0 Å². The molecule has 0 spiro atoms. The zero-order chi connectivity index (χ0) is 15.0. The summed E-state index contributed by atoms with van der Waals surface area (Å²) in [4.78, 5) is 38.9. The summed E-state index contributed by atoms with van der Waals surface area (Å²) in [5, 5.41) is 2.22. The van der Waals surface area contributed by atoms with Crippen molar-refractivity contribution in [2.75, 3.05) is 13.6 Å². The predicted octanol–water partition coefficient (Wildman–Crippen LogP) is 0.122. The van der Waals surface area contributed by atoms with E-state index in [-0.39, 0.29) is 29.5 Å². The van der Waals surface area contributed by atoms with Gasteiger partial charge in [-0.25, -0.2) is 0 Å². The number of carbonyl (C=O) groups excluding carboxylic acids is 2. The highest BCUT2D eigenvalue weighted by atomic mass is 16.5. The summed E-state index contributed by atoms with van der Waals surface area (Å²) in [6.07, 6.45) is 2.96. The minimum absolute atomic E-state index is 0.0261. The predicted molar refractivity (Wildman–Crippen MR) is 73.6 cm³/mol. The van der Waals surface area contributed by atoms with Crippen molar-refractivity contribution < 1.29 is 14.1 Å². The standard InChI is InChI=1S/C14H19N3O4/c1-16-8-10-3-2-9(6-14(16)20)17(10)13(19)5-4-11-7-12(18)15-21-11/h7,9-10H,2-6,8H2,1H3,(H,15,18)/t9-,10+/m1/s1. The molecule has 21 heavy (non-hydrogen) atoms. The van der Waals surface area contributed by atoms with Gasteiger partial charge in [-0.3, -0.25) is 14.4 Å². The minimum atomic E-state index is -0.292. The van der Waals surface area contributed by atoms with E-state index in [4.69, 9.17) is 4.52 Å². The number of likely N-dealkylation sites (tertiary alicyclic amines) is 1. The number of amides is 2. The lowest BCUT2D eigenvalue weighted by atomic mass is 10.1. The van der Waals surface area contributed by atoms with Crippen LogP contribution >= 0.6 is 0 Å². The van der Waals surface area contributed by atoms with E-state index in [1.165, 1.54) is 6.07 Å². The maximum atomic E-state index is 12.5. The van der Waals surface area contributed by atoms with E-state index < -0.39 is 0 Å². The molecule has 2 fully saturated rings. The lowest BCUT2D eigenvalue weighted by Gasteiger charge is -2.28. The largest absolute Gasteiger partial charge is 0.384 e. The van der Waals surface area contributed by atoms with E-state index in [9.17, 15) is 14.4 Å². The quantitative estimate of drug-likeness (QED) is 0.857. The van der Waals surface area contributed by atoms with Crippen molar-refractivity contribution in [3.05, 3.63) is 22.2 Å². The summed E-state index contributed by atoms with van der Waals surface area (Å²) in [5.41, 5.74) is -0.292. The van der Waals surface area contributed by atoms with Crippen molar-refractivity contribution in [2.45, 2.75) is 44.2 Å². The average molecular weight is 293 g/mol. The van der Waals surface area contributed by atoms with Crippen LogP contribution in [-0.2, 0) is 16.0 Å². The first kappa shape index (κ1) is 13.9. The third-order valence-electron chi connectivity index (χ3n) is 4.39. The molecular weight excluding hydrogens is 274 g/mol. The van der Waals surface area contributed by atoms with Gasteiger partial charge in [0.1, 0.15) is 5.76 Å². The Bertz CT molecular complexity index is 605. The summed E-state index contributed by atoms with van der Waals surface area (Å²) in [5.74, 6) is 0.634. The van der Waals surface area contributed by atoms with Crippen molar-refractivity contribution >= 4 is 11.8 Å². The summed E-state index contributed by atoms with van der Waals surface area (Å²) in [6, 6.07) is 1.51. The molecule has 0 unspecified atom stereocenters. The Morgan fingerprint density at radius 1 is 1.38 bits per heavy atom. The van der Waals surface area contributed by atoms with Crippen LogP contribution in [0.3, 0.4) is 0 Å². The zero-order valence-corrected chi connectivity index (χ0v) is 12.0. The molecule has 2 atom stereocenters. The SMILES string of the molecule is CN1C[C@@H]2CC[C@H](CC1=O)N2C(=O)CCc1cc(=O)[nH]o1. The van der Waals surface area contributed by atoms with Gasteiger partial charge in [-0.1, -0.05) is 0 Å². The Morgan fingerprint density at radius 2 is 2.14 bits per heavy atom. The number of hydrogen-bond donors (Lipinski definition) is 1. The third-order valence-corrected chi connectivity index (χ3v) is 4.39. The monoisotopic (exact) mass is 293 g/mol. The maximum absolute atomic E-state index is 12.5. The Balaban J connectivity index is 1.66. The fourth-order valence-corrected chi connectivity index (χ4v) is 3.33. The molecule has 7 heteroatoms. The molecule has 2 saturated heterocycles. The second-order valence-corrected chi connectivity index (χ2v) is 5.84. The third kappa shape index (κ3) is 2.72. The van der Waals surface area contributed by atoms with E-state index in [0.29, 0.717) is 31.6 Å². The Labute approximate surface area is 121 Å². The van der Waals surface area contributed by atoms with E-state index in [1.54, 1.807) is 11.9 Å². The van der Waals surface area contributed by atoms with E-state index >= 15 is 0 Å². The molecule has 2 aliphatic rings. The number of fused-ring (bicyclic) bond motifs is 2. The molecule has 7 nitrogen and oxygen atoms in total. The van der Waals surface area contributed by atoms with Gasteiger partial charge < -0.3 is 14.3 Å². The van der Waals surface area contributed by atoms with Crippen LogP contribution < -0.4 is 5.56 Å². The molecule has 2 aliphatic heterocycles. The number of carbonyl (C=O) groups is 2. The molecule has 0 saturated carbocycles. The van der Waals surface area contributed by atoms with Crippen molar-refractivity contribution in [1.29, 1.82) is 0 Å². The fourth-order valence-electron chi connectivity index (χ4n) is 3.33. The molecule has 0 radical (unpaired) electrons. The van der Waals surface area contributed by atoms with Crippen LogP contribution in [0.4, 0.5) is 0 Å². The number of nitrogens with zero attached hydrogens (tertiary/aromatic N) is 2. The van der Waals surface area contributed by atoms with Crippen LogP contribution in [0, 0.1) is 0 Å². The maximum Gasteiger partial charge on any atom is 0.280 e. The van der Waals surface area contributed by atoms with Gasteiger partial charge >= 0.3 is 0 Å². The summed E-state index contributed by atoms with van der Waals surface area (Å²) in [7, 11) is 1.79. The molecule has 2 bridgehead atoms. The number of rotatable bonds is 3. The smallest absolute Gasteiger partial charge is 0.280 e. The molecule has 0 aliphatic carbocycles. The number of aromatic nitrogens is 1. The first-order chi connectivity index (χ1) is 10.0. The minimum Gasteiger partial charge on any atom is -0.384 e. The summed E-state index contributed by atoms with van der Waals surface area (Å²) in [6.45, 7) is 0.611. The van der Waals surface area contributed by atoms with Gasteiger partial charge in [0.15, 0.2) is 0 Å². The van der Waals surface area contributed by atoms with E-state index in [0.717, 1.165) is 12.8 Å². The highest BCUT2D eigenvalue weighted by Gasteiger charge is 2.41. The zero-order valence-electron chi connectivity index (χ0n) is 12.0. The number of aromatic amines is 1. The lowest BCUT2D eigenvalue weighted by Crippen LogP contribution is -2.42. The molecule has 3 heterocycles. The fraction of sp³-hybridized carbons (Fsp3) is 0.643. The first-order valence-corrected chi connectivity index (χ1v) is 7.27. The Morgan fingerprint density at radius 3 is 2.86 bits per heavy atom. The Hall–Kier alpha value is -2.05. The van der Waals surface area contributed by atoms with Gasteiger partial charge in [-0.2, -0.15) is 5.16 Å². The highest BCUT2D eigenvalue weighted by Crippen LogP contribution is 2.31. The molecule has 0 aromatic carbocycles. The number of H-pyrrole nitrogens is 1. The van der Waals surface area contributed by atoms with Crippen LogP contribution in [0.15, 0.2) is 15.4 Å². The number of aryl methyl sites for hydroxylation is 1. The van der Waals surface area contributed by atoms with E-state index in [1.807, 2.05) is 4.90 Å². The first-order valence-electron chi connectivity index (χ1n) is 7.27. The molecule has 2 amide bonds. The Kier molecular flexibility index (Phi) is 3.57. The van der Waals surface area contributed by atoms with Crippen LogP contribution in [-0.4, -0.2) is 52.4 Å². The van der Waals surface area contributed by atoms with E-state index in [2.05, 4.69) is 5.16 Å². The summed E-state index contributed by atoms with van der Waals surface area (Å²) < 4.78 is 4.96. The second kappa shape index (κ2) is 5.38. The van der Waals surface area contributed by atoms with Gasteiger partial charge in [0.05, 0.1) is 0 Å². The summed E-state index contributed by atoms with van der Waals surface area (Å²) >= 11 is 0. The molecule has 1 N–H and O–H groups in total. The number of hydrogen-bond acceptors (Lipinski definition) is 4. The molecule has 1 aromatic heterocycles. The van der Waals surface area contributed by atoms with Gasteiger partial charge in [0.2, 0.25) is 11.8 Å². The van der Waals surface area contributed by atoms with Crippen molar-refractivity contribution in [1.82, 2.24) is 15.0 Å². The van der Waals surface area contributed by atoms with Crippen LogP contribution in [0.5, 0.6) is 0 Å². The molecule has 3 rings (SSSR count). The number of nitrogens with one attached hydrogen (secondary N) is 1. The lowest BCUT2D eigenvalue weighted by molar-refractivity contribution is -0.133. The number of likely N-dealkylation sites (N-methyl/N-ethyl adjacent to an activating group) is 1. The van der Waals surface area contributed by atoms with Crippen LogP contribution in [0.2, 0.25) is 0 Å². The molecule has 114 valence electrons.